The minimum Gasteiger partial charge on any atom is -0.385 e. The second-order valence-electron chi connectivity index (χ2n) is 2.66. The predicted octanol–water partition coefficient (Wildman–Crippen LogP) is -0.440. The molecule has 0 unspecified atom stereocenters. The zero-order valence-electron chi connectivity index (χ0n) is 5.98. The van der Waals surface area contributed by atoms with E-state index in [4.69, 9.17) is 5.73 Å². The fourth-order valence-corrected chi connectivity index (χ4v) is 1.34. The molecule has 4 N–H and O–H groups in total. The topological polar surface area (TPSA) is 70.9 Å². The second-order valence-corrected chi connectivity index (χ2v) is 2.66. The van der Waals surface area contributed by atoms with Gasteiger partial charge in [-0.05, 0) is 11.6 Å². The number of aromatic nitrogens is 1. The number of pyridine rings is 1. The van der Waals surface area contributed by atoms with Crippen LogP contribution in [0.5, 0.6) is 0 Å². The molecule has 1 aliphatic heterocycles. The lowest BCUT2D eigenvalue weighted by atomic mass is 10.2. The summed E-state index contributed by atoms with van der Waals surface area (Å²) >= 11 is 0. The van der Waals surface area contributed by atoms with Gasteiger partial charge in [-0.2, -0.15) is 0 Å². The summed E-state index contributed by atoms with van der Waals surface area (Å²) in [5.74, 6) is 0.442. The van der Waals surface area contributed by atoms with Crippen LogP contribution >= 0.6 is 0 Å². The Kier molecular flexibility index (Phi) is 1.22. The van der Waals surface area contributed by atoms with E-state index in [9.17, 15) is 4.79 Å². The smallest absolute Gasteiger partial charge is 0.254 e. The number of hydrogen-bond acceptors (Lipinski definition) is 3. The van der Waals surface area contributed by atoms with Crippen molar-refractivity contribution in [3.8, 4) is 0 Å². The molecule has 4 nitrogen and oxygen atoms in total. The SMILES string of the molecule is Nc1cc2c(c(=O)[nH]1)CNC2. The van der Waals surface area contributed by atoms with Gasteiger partial charge in [-0.3, -0.25) is 4.79 Å². The molecule has 0 amide bonds. The first-order valence-electron chi connectivity index (χ1n) is 3.48. The Hall–Kier alpha value is -1.29. The number of nitrogens with two attached hydrogens (primary N) is 1. The molecule has 2 heterocycles. The van der Waals surface area contributed by atoms with Crippen LogP contribution in [-0.4, -0.2) is 4.98 Å². The van der Waals surface area contributed by atoms with Gasteiger partial charge in [0.15, 0.2) is 0 Å². The van der Waals surface area contributed by atoms with Gasteiger partial charge in [0.25, 0.3) is 5.56 Å². The normalized spacial score (nSPS) is 14.9. The predicted molar refractivity (Wildman–Crippen MR) is 42.0 cm³/mol. The number of anilines is 1. The summed E-state index contributed by atoms with van der Waals surface area (Å²) in [7, 11) is 0. The molecule has 0 aromatic carbocycles. The van der Waals surface area contributed by atoms with Crippen molar-refractivity contribution in [3.05, 3.63) is 27.5 Å². The molecule has 1 aromatic heterocycles. The summed E-state index contributed by atoms with van der Waals surface area (Å²) in [6.07, 6.45) is 0. The molecule has 1 aliphatic rings. The van der Waals surface area contributed by atoms with Crippen molar-refractivity contribution in [2.75, 3.05) is 5.73 Å². The van der Waals surface area contributed by atoms with Crippen molar-refractivity contribution in [3.63, 3.8) is 0 Å². The van der Waals surface area contributed by atoms with Crippen LogP contribution in [0.1, 0.15) is 11.1 Å². The minimum absolute atomic E-state index is 0.0648. The third-order valence-electron chi connectivity index (χ3n) is 1.87. The van der Waals surface area contributed by atoms with Gasteiger partial charge in [0, 0.05) is 18.7 Å². The van der Waals surface area contributed by atoms with Crippen LogP contribution < -0.4 is 16.6 Å². The van der Waals surface area contributed by atoms with Crippen LogP contribution in [0.4, 0.5) is 5.82 Å². The Bertz CT molecular complexity index is 342. The van der Waals surface area contributed by atoms with Crippen LogP contribution in [0.2, 0.25) is 0 Å². The Morgan fingerprint density at radius 1 is 1.45 bits per heavy atom. The summed E-state index contributed by atoms with van der Waals surface area (Å²) < 4.78 is 0. The fourth-order valence-electron chi connectivity index (χ4n) is 1.34. The van der Waals surface area contributed by atoms with E-state index in [0.29, 0.717) is 12.4 Å². The molecule has 0 saturated carbocycles. The maximum atomic E-state index is 11.2. The number of rotatable bonds is 0. The van der Waals surface area contributed by atoms with E-state index in [2.05, 4.69) is 10.3 Å². The number of nitrogen functional groups attached to an aromatic ring is 1. The summed E-state index contributed by atoms with van der Waals surface area (Å²) in [4.78, 5) is 13.7. The number of nitrogens with one attached hydrogen (secondary N) is 2. The lowest BCUT2D eigenvalue weighted by molar-refractivity contribution is 0.762. The van der Waals surface area contributed by atoms with Crippen molar-refractivity contribution < 1.29 is 0 Å². The van der Waals surface area contributed by atoms with Gasteiger partial charge in [-0.15, -0.1) is 0 Å². The maximum Gasteiger partial charge on any atom is 0.254 e. The average Bonchev–Trinajstić information content (AvgIpc) is 2.34. The van der Waals surface area contributed by atoms with E-state index in [0.717, 1.165) is 17.7 Å². The van der Waals surface area contributed by atoms with Crippen molar-refractivity contribution >= 4 is 5.82 Å². The summed E-state index contributed by atoms with van der Waals surface area (Å²) in [6, 6.07) is 1.80. The van der Waals surface area contributed by atoms with Crippen molar-refractivity contribution in [2.45, 2.75) is 13.1 Å². The maximum absolute atomic E-state index is 11.2. The Labute approximate surface area is 63.4 Å². The van der Waals surface area contributed by atoms with Gasteiger partial charge in [0.2, 0.25) is 0 Å². The van der Waals surface area contributed by atoms with E-state index >= 15 is 0 Å². The molecule has 1 aromatic rings. The first-order valence-corrected chi connectivity index (χ1v) is 3.48. The van der Waals surface area contributed by atoms with Gasteiger partial charge in [-0.1, -0.05) is 0 Å². The van der Waals surface area contributed by atoms with E-state index in [1.165, 1.54) is 0 Å². The molecule has 0 atom stereocenters. The van der Waals surface area contributed by atoms with Crippen LogP contribution in [0.25, 0.3) is 0 Å². The summed E-state index contributed by atoms with van der Waals surface area (Å²) in [5.41, 5.74) is 7.22. The van der Waals surface area contributed by atoms with Crippen molar-refractivity contribution in [2.24, 2.45) is 0 Å². The molecule has 0 bridgehead atoms. The Morgan fingerprint density at radius 3 is 3.09 bits per heavy atom. The molecule has 0 radical (unpaired) electrons. The quantitative estimate of drug-likeness (QED) is 0.470. The Balaban J connectivity index is 2.70. The summed E-state index contributed by atoms with van der Waals surface area (Å²) in [5, 5.41) is 3.08. The molecule has 0 saturated heterocycles. The summed E-state index contributed by atoms with van der Waals surface area (Å²) in [6.45, 7) is 1.41. The standard InChI is InChI=1S/C7H9N3O/c8-6-1-4-2-9-3-5(4)7(11)10-6/h1,9H,2-3H2,(H3,8,10,11). The first kappa shape index (κ1) is 6.42. The molecule has 2 rings (SSSR count). The van der Waals surface area contributed by atoms with Gasteiger partial charge in [0.05, 0.1) is 0 Å². The highest BCUT2D eigenvalue weighted by molar-refractivity contribution is 5.38. The highest BCUT2D eigenvalue weighted by Gasteiger charge is 2.13. The number of hydrogen-bond donors (Lipinski definition) is 3. The van der Waals surface area contributed by atoms with E-state index in [-0.39, 0.29) is 5.56 Å². The van der Waals surface area contributed by atoms with Crippen LogP contribution in [0.3, 0.4) is 0 Å². The molecular weight excluding hydrogens is 142 g/mol. The third kappa shape index (κ3) is 0.914. The van der Waals surface area contributed by atoms with Crippen LogP contribution in [0.15, 0.2) is 10.9 Å². The first-order chi connectivity index (χ1) is 5.27. The number of fused-ring (bicyclic) bond motifs is 1. The highest BCUT2D eigenvalue weighted by atomic mass is 16.1. The highest BCUT2D eigenvalue weighted by Crippen LogP contribution is 2.11. The molecule has 4 heteroatoms. The number of aromatic amines is 1. The monoisotopic (exact) mass is 151 g/mol. The van der Waals surface area contributed by atoms with Crippen LogP contribution in [-0.2, 0) is 13.1 Å². The van der Waals surface area contributed by atoms with Gasteiger partial charge >= 0.3 is 0 Å². The molecule has 58 valence electrons. The Morgan fingerprint density at radius 2 is 2.27 bits per heavy atom. The van der Waals surface area contributed by atoms with E-state index in [1.807, 2.05) is 0 Å². The fraction of sp³-hybridized carbons (Fsp3) is 0.286. The number of H-pyrrole nitrogens is 1. The van der Waals surface area contributed by atoms with Crippen molar-refractivity contribution in [1.29, 1.82) is 0 Å². The lowest BCUT2D eigenvalue weighted by Crippen LogP contribution is -2.14. The molecule has 11 heavy (non-hydrogen) atoms. The van der Waals surface area contributed by atoms with Gasteiger partial charge in [-0.25, -0.2) is 0 Å². The van der Waals surface area contributed by atoms with Gasteiger partial charge < -0.3 is 16.0 Å². The molecule has 0 fully saturated rings. The molecule has 0 aliphatic carbocycles. The van der Waals surface area contributed by atoms with Crippen molar-refractivity contribution in [1.82, 2.24) is 10.3 Å². The minimum atomic E-state index is -0.0648. The zero-order valence-corrected chi connectivity index (χ0v) is 5.98. The largest absolute Gasteiger partial charge is 0.385 e. The van der Waals surface area contributed by atoms with Crippen LogP contribution in [0, 0.1) is 0 Å². The zero-order chi connectivity index (χ0) is 7.84. The third-order valence-corrected chi connectivity index (χ3v) is 1.87. The molecular formula is C7H9N3O. The average molecular weight is 151 g/mol. The van der Waals surface area contributed by atoms with E-state index < -0.39 is 0 Å². The molecule has 0 spiro atoms. The van der Waals surface area contributed by atoms with Gasteiger partial charge in [0.1, 0.15) is 5.82 Å². The second kappa shape index (κ2) is 2.10. The van der Waals surface area contributed by atoms with E-state index in [1.54, 1.807) is 6.07 Å². The lowest BCUT2D eigenvalue weighted by Gasteiger charge is -1.97.